The van der Waals surface area contributed by atoms with Gasteiger partial charge in [0.25, 0.3) is 0 Å². The van der Waals surface area contributed by atoms with Crippen LogP contribution in [0.1, 0.15) is 55.0 Å². The summed E-state index contributed by atoms with van der Waals surface area (Å²) in [6.07, 6.45) is 5.60. The van der Waals surface area contributed by atoms with Crippen molar-refractivity contribution in [3.8, 4) is 5.75 Å². The van der Waals surface area contributed by atoms with Crippen molar-refractivity contribution in [2.75, 3.05) is 0 Å². The zero-order valence-electron chi connectivity index (χ0n) is 19.1. The van der Waals surface area contributed by atoms with Crippen LogP contribution in [-0.2, 0) is 16.8 Å². The molecule has 0 spiro atoms. The summed E-state index contributed by atoms with van der Waals surface area (Å²) in [6, 6.07) is 16.4. The van der Waals surface area contributed by atoms with Gasteiger partial charge in [-0.1, -0.05) is 24.3 Å². The van der Waals surface area contributed by atoms with Gasteiger partial charge in [0.05, 0.1) is 18.3 Å². The first-order valence-corrected chi connectivity index (χ1v) is 11.8. The number of carbonyl (C=O) groups is 1. The topological polar surface area (TPSA) is 55.3 Å². The SMILES string of the molecule is O=C(CC1(c2ccc(F)cc2)CC1)N(Cc1cccnn1)[C@@H](c1ccc(OC(F)F)cc1)C1CC1. The number of ether oxygens (including phenoxy) is 1. The van der Waals surface area contributed by atoms with E-state index in [0.717, 1.165) is 36.8 Å². The molecular weight excluding hydrogens is 455 g/mol. The first-order valence-electron chi connectivity index (χ1n) is 11.8. The van der Waals surface area contributed by atoms with Crippen LogP contribution in [0, 0.1) is 11.7 Å². The highest BCUT2D eigenvalue weighted by atomic mass is 19.3. The minimum atomic E-state index is -2.89. The maximum atomic E-state index is 13.9. The average Bonchev–Trinajstić information content (AvgIpc) is 3.77. The second-order valence-electron chi connectivity index (χ2n) is 9.43. The van der Waals surface area contributed by atoms with Crippen LogP contribution in [0.15, 0.2) is 66.9 Å². The number of benzene rings is 2. The summed E-state index contributed by atoms with van der Waals surface area (Å²) >= 11 is 0. The Hall–Kier alpha value is -3.42. The number of aromatic nitrogens is 2. The summed E-state index contributed by atoms with van der Waals surface area (Å²) in [5.74, 6) is 0.0484. The van der Waals surface area contributed by atoms with E-state index in [4.69, 9.17) is 0 Å². The molecular formula is C27H26F3N3O2. The fourth-order valence-corrected chi connectivity index (χ4v) is 4.81. The minimum absolute atomic E-state index is 0.0118. The van der Waals surface area contributed by atoms with Crippen molar-refractivity contribution in [1.29, 1.82) is 0 Å². The molecule has 5 rings (SSSR count). The lowest BCUT2D eigenvalue weighted by Gasteiger charge is -2.34. The van der Waals surface area contributed by atoms with E-state index < -0.39 is 6.61 Å². The largest absolute Gasteiger partial charge is 0.435 e. The van der Waals surface area contributed by atoms with Crippen molar-refractivity contribution in [3.05, 3.63) is 89.5 Å². The summed E-state index contributed by atoms with van der Waals surface area (Å²) in [6.45, 7) is -2.60. The van der Waals surface area contributed by atoms with Gasteiger partial charge in [-0.25, -0.2) is 4.39 Å². The normalized spacial score (nSPS) is 17.1. The Morgan fingerprint density at radius 1 is 1.06 bits per heavy atom. The zero-order valence-corrected chi connectivity index (χ0v) is 19.1. The molecule has 0 unspecified atom stereocenters. The van der Waals surface area contributed by atoms with Crippen LogP contribution >= 0.6 is 0 Å². The molecule has 1 atom stereocenters. The number of hydrogen-bond acceptors (Lipinski definition) is 4. The van der Waals surface area contributed by atoms with Crippen LogP contribution in [0.4, 0.5) is 13.2 Å². The van der Waals surface area contributed by atoms with Gasteiger partial charge in [0.15, 0.2) is 0 Å². The predicted octanol–water partition coefficient (Wildman–Crippen LogP) is 5.82. The van der Waals surface area contributed by atoms with Crippen molar-refractivity contribution in [1.82, 2.24) is 15.1 Å². The quantitative estimate of drug-likeness (QED) is 0.366. The minimum Gasteiger partial charge on any atom is -0.435 e. The van der Waals surface area contributed by atoms with E-state index in [-0.39, 0.29) is 34.8 Å². The fraction of sp³-hybridized carbons (Fsp3) is 0.370. The lowest BCUT2D eigenvalue weighted by molar-refractivity contribution is -0.135. The lowest BCUT2D eigenvalue weighted by Crippen LogP contribution is -2.37. The average molecular weight is 482 g/mol. The standard InChI is InChI=1S/C27H26F3N3O2/c28-21-9-7-20(8-10-21)27(13-14-27)16-24(34)33(17-22-2-1-15-31-32-22)25(18-3-4-18)19-5-11-23(12-6-19)35-26(29)30/h1-2,5-12,15,18,25-26H,3-4,13-14,16-17H2/t25-/m1/s1. The van der Waals surface area contributed by atoms with Crippen LogP contribution in [0.3, 0.4) is 0 Å². The summed E-state index contributed by atoms with van der Waals surface area (Å²) in [5.41, 5.74) is 2.24. The van der Waals surface area contributed by atoms with Crippen LogP contribution in [-0.4, -0.2) is 27.6 Å². The first-order chi connectivity index (χ1) is 16.9. The highest BCUT2D eigenvalue weighted by Crippen LogP contribution is 2.52. The highest BCUT2D eigenvalue weighted by molar-refractivity contribution is 5.79. The van der Waals surface area contributed by atoms with E-state index in [1.54, 1.807) is 36.5 Å². The van der Waals surface area contributed by atoms with E-state index in [1.165, 1.54) is 24.3 Å². The molecule has 0 saturated heterocycles. The molecule has 1 amide bonds. The summed E-state index contributed by atoms with van der Waals surface area (Å²) < 4.78 is 43.2. The van der Waals surface area contributed by atoms with Crippen LogP contribution in [0.25, 0.3) is 0 Å². The third-order valence-electron chi connectivity index (χ3n) is 6.93. The van der Waals surface area contributed by atoms with Crippen molar-refractivity contribution < 1.29 is 22.7 Å². The second kappa shape index (κ2) is 9.68. The molecule has 5 nitrogen and oxygen atoms in total. The van der Waals surface area contributed by atoms with E-state index in [2.05, 4.69) is 14.9 Å². The van der Waals surface area contributed by atoms with Gasteiger partial charge in [-0.05, 0) is 79.1 Å². The molecule has 1 aromatic heterocycles. The molecule has 2 saturated carbocycles. The molecule has 8 heteroatoms. The number of amides is 1. The van der Waals surface area contributed by atoms with E-state index in [0.29, 0.717) is 18.7 Å². The van der Waals surface area contributed by atoms with E-state index in [9.17, 15) is 18.0 Å². The summed E-state index contributed by atoms with van der Waals surface area (Å²) in [4.78, 5) is 15.7. The van der Waals surface area contributed by atoms with E-state index in [1.807, 2.05) is 11.0 Å². The molecule has 182 valence electrons. The number of hydrogen-bond donors (Lipinski definition) is 0. The molecule has 0 N–H and O–H groups in total. The van der Waals surface area contributed by atoms with Crippen molar-refractivity contribution in [3.63, 3.8) is 0 Å². The number of alkyl halides is 2. The smallest absolute Gasteiger partial charge is 0.387 e. The Balaban J connectivity index is 1.43. The third kappa shape index (κ3) is 5.47. The van der Waals surface area contributed by atoms with Gasteiger partial charge < -0.3 is 9.64 Å². The van der Waals surface area contributed by atoms with Crippen molar-refractivity contribution in [2.24, 2.45) is 5.92 Å². The zero-order chi connectivity index (χ0) is 24.4. The van der Waals surface area contributed by atoms with Crippen molar-refractivity contribution >= 4 is 5.91 Å². The summed E-state index contributed by atoms with van der Waals surface area (Å²) in [5, 5.41) is 8.16. The van der Waals surface area contributed by atoms with E-state index >= 15 is 0 Å². The van der Waals surface area contributed by atoms with Crippen LogP contribution in [0.2, 0.25) is 0 Å². The number of rotatable bonds is 10. The Morgan fingerprint density at radius 3 is 2.34 bits per heavy atom. The number of carbonyl (C=O) groups excluding carboxylic acids is 1. The van der Waals surface area contributed by atoms with Gasteiger partial charge in [0.2, 0.25) is 5.91 Å². The predicted molar refractivity (Wildman–Crippen MR) is 123 cm³/mol. The monoisotopic (exact) mass is 481 g/mol. The maximum absolute atomic E-state index is 13.9. The molecule has 2 aliphatic carbocycles. The molecule has 2 aliphatic rings. The molecule has 3 aromatic rings. The molecule has 35 heavy (non-hydrogen) atoms. The van der Waals surface area contributed by atoms with Crippen molar-refractivity contribution in [2.45, 2.75) is 56.7 Å². The van der Waals surface area contributed by atoms with Gasteiger partial charge in [-0.2, -0.15) is 19.0 Å². The number of halogens is 3. The third-order valence-corrected chi connectivity index (χ3v) is 6.93. The Kier molecular flexibility index (Phi) is 6.45. The summed E-state index contributed by atoms with van der Waals surface area (Å²) in [7, 11) is 0. The first kappa shape index (κ1) is 23.3. The maximum Gasteiger partial charge on any atom is 0.387 e. The van der Waals surface area contributed by atoms with Gasteiger partial charge in [0, 0.05) is 18.0 Å². The Labute approximate surface area is 201 Å². The Bertz CT molecular complexity index is 1150. The van der Waals surface area contributed by atoms with Crippen LogP contribution < -0.4 is 4.74 Å². The van der Waals surface area contributed by atoms with Crippen LogP contribution in [0.5, 0.6) is 5.75 Å². The second-order valence-corrected chi connectivity index (χ2v) is 9.43. The lowest BCUT2D eigenvalue weighted by atomic mass is 9.90. The molecule has 2 fully saturated rings. The number of nitrogens with zero attached hydrogens (tertiary/aromatic N) is 3. The molecule has 0 aliphatic heterocycles. The van der Waals surface area contributed by atoms with Gasteiger partial charge >= 0.3 is 6.61 Å². The molecule has 0 bridgehead atoms. The van der Waals surface area contributed by atoms with Gasteiger partial charge in [0.1, 0.15) is 11.6 Å². The molecule has 0 radical (unpaired) electrons. The fourth-order valence-electron chi connectivity index (χ4n) is 4.81. The highest BCUT2D eigenvalue weighted by Gasteiger charge is 2.48. The molecule has 1 heterocycles. The van der Waals surface area contributed by atoms with Gasteiger partial charge in [-0.3, -0.25) is 4.79 Å². The molecule has 2 aromatic carbocycles. The Morgan fingerprint density at radius 2 is 1.77 bits per heavy atom. The van der Waals surface area contributed by atoms with Gasteiger partial charge in [-0.15, -0.1) is 0 Å².